The fourth-order valence-corrected chi connectivity index (χ4v) is 2.13. The molecular weight excluding hydrogens is 316 g/mol. The maximum Gasteiger partial charge on any atom is 0.349 e. The fourth-order valence-electron chi connectivity index (χ4n) is 2.13. The first-order chi connectivity index (χ1) is 12.1. The Balaban J connectivity index is 4.82. The molecule has 0 aromatic carbocycles. The van der Waals surface area contributed by atoms with Crippen LogP contribution in [0.25, 0.3) is 0 Å². The van der Waals surface area contributed by atoms with Gasteiger partial charge >= 0.3 is 5.97 Å². The average Bonchev–Trinajstić information content (AvgIpc) is 2.63. The molecule has 25 heavy (non-hydrogen) atoms. The van der Waals surface area contributed by atoms with Crippen molar-refractivity contribution in [2.45, 2.75) is 66.2 Å². The highest BCUT2D eigenvalue weighted by Gasteiger charge is 2.15. The van der Waals surface area contributed by atoms with Crippen LogP contribution in [-0.4, -0.2) is 32.3 Å². The molecule has 0 radical (unpaired) electrons. The summed E-state index contributed by atoms with van der Waals surface area (Å²) in [5.74, 6) is -0.571. The van der Waals surface area contributed by atoms with E-state index >= 15 is 0 Å². The van der Waals surface area contributed by atoms with E-state index in [1.54, 1.807) is 0 Å². The van der Waals surface area contributed by atoms with E-state index in [0.29, 0.717) is 25.2 Å². The zero-order chi connectivity index (χ0) is 18.9. The molecule has 0 bridgehead atoms. The van der Waals surface area contributed by atoms with Crippen molar-refractivity contribution in [3.63, 3.8) is 0 Å². The molecule has 0 heterocycles. The zero-order valence-corrected chi connectivity index (χ0v) is 16.3. The van der Waals surface area contributed by atoms with Gasteiger partial charge < -0.3 is 14.8 Å². The lowest BCUT2D eigenvalue weighted by Crippen LogP contribution is -2.16. The summed E-state index contributed by atoms with van der Waals surface area (Å²) in [6, 6.07) is 2.00. The molecule has 0 atom stereocenters. The number of allylic oxidation sites excluding steroid dienone is 3. The summed E-state index contributed by atoms with van der Waals surface area (Å²) in [5.41, 5.74) is 1.83. The molecule has 1 N–H and O–H groups in total. The van der Waals surface area contributed by atoms with Crippen LogP contribution in [0.4, 0.5) is 0 Å². The summed E-state index contributed by atoms with van der Waals surface area (Å²) in [6.45, 7) is 10.3. The van der Waals surface area contributed by atoms with E-state index in [2.05, 4.69) is 26.1 Å². The topological polar surface area (TPSA) is 71.4 Å². The molecule has 5 nitrogen and oxygen atoms in total. The molecule has 5 heteroatoms. The summed E-state index contributed by atoms with van der Waals surface area (Å²) in [7, 11) is 0. The normalized spacial score (nSPS) is 12.4. The minimum absolute atomic E-state index is 0.0827. The van der Waals surface area contributed by atoms with Gasteiger partial charge in [0.2, 0.25) is 0 Å². The van der Waals surface area contributed by atoms with Crippen LogP contribution < -0.4 is 5.32 Å². The van der Waals surface area contributed by atoms with Crippen LogP contribution in [0.2, 0.25) is 0 Å². The number of esters is 1. The lowest BCUT2D eigenvalue weighted by Gasteiger charge is -2.11. The Morgan fingerprint density at radius 3 is 2.32 bits per heavy atom. The first-order valence-corrected chi connectivity index (χ1v) is 9.46. The number of ether oxygens (including phenoxy) is 2. The largest absolute Gasteiger partial charge is 0.459 e. The maximum absolute atomic E-state index is 12.2. The van der Waals surface area contributed by atoms with Crippen LogP contribution in [0.3, 0.4) is 0 Å². The smallest absolute Gasteiger partial charge is 0.349 e. The molecule has 0 saturated carbocycles. The Morgan fingerprint density at radius 1 is 1.04 bits per heavy atom. The zero-order valence-electron chi connectivity index (χ0n) is 16.3. The summed E-state index contributed by atoms with van der Waals surface area (Å²) in [6.07, 6.45) is 7.61. The number of nitriles is 1. The lowest BCUT2D eigenvalue weighted by atomic mass is 10.0. The molecule has 0 fully saturated rings. The van der Waals surface area contributed by atoms with Gasteiger partial charge in [-0.3, -0.25) is 0 Å². The Bertz CT molecular complexity index is 476. The van der Waals surface area contributed by atoms with E-state index in [4.69, 9.17) is 9.47 Å². The molecule has 0 aliphatic heterocycles. The van der Waals surface area contributed by atoms with Crippen LogP contribution >= 0.6 is 0 Å². The van der Waals surface area contributed by atoms with Crippen molar-refractivity contribution in [3.05, 3.63) is 22.9 Å². The summed E-state index contributed by atoms with van der Waals surface area (Å²) < 4.78 is 10.5. The minimum Gasteiger partial charge on any atom is -0.459 e. The van der Waals surface area contributed by atoms with Gasteiger partial charge in [0.1, 0.15) is 18.2 Å². The molecule has 0 aliphatic rings. The van der Waals surface area contributed by atoms with Crippen LogP contribution in [-0.2, 0) is 14.3 Å². The van der Waals surface area contributed by atoms with Gasteiger partial charge in [-0.15, -0.1) is 0 Å². The minimum atomic E-state index is -0.571. The van der Waals surface area contributed by atoms with Gasteiger partial charge in [0, 0.05) is 18.8 Å². The third kappa shape index (κ3) is 10.6. The summed E-state index contributed by atoms with van der Waals surface area (Å²) in [5, 5.41) is 12.8. The SMILES string of the molecule is CCCCN/C(=C/C(CC)=C(/C#N)C(=O)OCCOCCCC)CC. The van der Waals surface area contributed by atoms with Crippen molar-refractivity contribution < 1.29 is 14.3 Å². The van der Waals surface area contributed by atoms with Crippen LogP contribution in [0.5, 0.6) is 0 Å². The molecule has 0 spiro atoms. The average molecular weight is 351 g/mol. The number of nitrogens with one attached hydrogen (secondary N) is 1. The molecule has 0 amide bonds. The van der Waals surface area contributed by atoms with Gasteiger partial charge in [0.25, 0.3) is 0 Å². The Morgan fingerprint density at radius 2 is 1.76 bits per heavy atom. The van der Waals surface area contributed by atoms with Gasteiger partial charge in [-0.1, -0.05) is 40.5 Å². The first-order valence-electron chi connectivity index (χ1n) is 9.46. The van der Waals surface area contributed by atoms with E-state index in [1.807, 2.05) is 19.1 Å². The number of rotatable bonds is 14. The second-order valence-corrected chi connectivity index (χ2v) is 5.77. The van der Waals surface area contributed by atoms with Crippen molar-refractivity contribution in [1.29, 1.82) is 5.26 Å². The first kappa shape index (κ1) is 23.2. The number of hydrogen-bond donors (Lipinski definition) is 1. The second kappa shape index (κ2) is 15.7. The van der Waals surface area contributed by atoms with E-state index in [1.165, 1.54) is 0 Å². The standard InChI is InChI=1S/C20H34N2O3/c1-5-9-11-22-18(8-4)15-17(7-3)19(16-21)20(23)25-14-13-24-12-10-6-2/h15,22H,5-14H2,1-4H3/b18-15+,19-17-. The predicted molar refractivity (Wildman–Crippen MR) is 101 cm³/mol. The number of carbonyl (C=O) groups excluding carboxylic acids is 1. The molecule has 0 aliphatic carbocycles. The predicted octanol–water partition coefficient (Wildman–Crippen LogP) is 4.26. The molecule has 0 unspecified atom stereocenters. The van der Waals surface area contributed by atoms with E-state index < -0.39 is 5.97 Å². The van der Waals surface area contributed by atoms with Crippen molar-refractivity contribution in [2.75, 3.05) is 26.4 Å². The highest BCUT2D eigenvalue weighted by atomic mass is 16.6. The Kier molecular flexibility index (Phi) is 14.6. The van der Waals surface area contributed by atoms with Crippen molar-refractivity contribution in [3.8, 4) is 6.07 Å². The van der Waals surface area contributed by atoms with Gasteiger partial charge in [-0.2, -0.15) is 5.26 Å². The number of unbranched alkanes of at least 4 members (excludes halogenated alkanes) is 2. The van der Waals surface area contributed by atoms with Crippen molar-refractivity contribution >= 4 is 5.97 Å². The second-order valence-electron chi connectivity index (χ2n) is 5.77. The molecular formula is C20H34N2O3. The molecule has 0 rings (SSSR count). The van der Waals surface area contributed by atoms with E-state index in [-0.39, 0.29) is 12.2 Å². The Hall–Kier alpha value is -1.80. The van der Waals surface area contributed by atoms with Gasteiger partial charge in [-0.25, -0.2) is 4.79 Å². The van der Waals surface area contributed by atoms with Crippen LogP contribution in [0, 0.1) is 11.3 Å². The number of carbonyl (C=O) groups is 1. The van der Waals surface area contributed by atoms with Crippen LogP contribution in [0.1, 0.15) is 66.2 Å². The van der Waals surface area contributed by atoms with Crippen LogP contribution in [0.15, 0.2) is 22.9 Å². The lowest BCUT2D eigenvalue weighted by molar-refractivity contribution is -0.140. The third-order valence-electron chi connectivity index (χ3n) is 3.73. The number of nitrogens with zero attached hydrogens (tertiary/aromatic N) is 1. The van der Waals surface area contributed by atoms with Gasteiger partial charge in [-0.05, 0) is 37.3 Å². The monoisotopic (exact) mass is 350 g/mol. The van der Waals surface area contributed by atoms with Crippen molar-refractivity contribution in [2.24, 2.45) is 0 Å². The number of hydrogen-bond acceptors (Lipinski definition) is 5. The van der Waals surface area contributed by atoms with E-state index in [0.717, 1.165) is 44.3 Å². The van der Waals surface area contributed by atoms with E-state index in [9.17, 15) is 10.1 Å². The quantitative estimate of drug-likeness (QED) is 0.167. The molecule has 0 saturated heterocycles. The summed E-state index contributed by atoms with van der Waals surface area (Å²) >= 11 is 0. The highest BCUT2D eigenvalue weighted by molar-refractivity contribution is 5.94. The third-order valence-corrected chi connectivity index (χ3v) is 3.73. The maximum atomic E-state index is 12.2. The highest BCUT2D eigenvalue weighted by Crippen LogP contribution is 2.15. The van der Waals surface area contributed by atoms with Gasteiger partial charge in [0.05, 0.1) is 6.61 Å². The molecule has 0 aromatic rings. The molecule has 0 aromatic heterocycles. The fraction of sp³-hybridized carbons (Fsp3) is 0.700. The Labute approximate surface area is 153 Å². The van der Waals surface area contributed by atoms with Crippen molar-refractivity contribution in [1.82, 2.24) is 5.32 Å². The summed E-state index contributed by atoms with van der Waals surface area (Å²) in [4.78, 5) is 12.2. The molecule has 142 valence electrons. The van der Waals surface area contributed by atoms with Gasteiger partial charge in [0.15, 0.2) is 0 Å².